The Labute approximate surface area is 95.9 Å². The van der Waals surface area contributed by atoms with Gasteiger partial charge in [0.25, 0.3) is 0 Å². The third kappa shape index (κ3) is 3.53. The van der Waals surface area contributed by atoms with E-state index in [0.717, 1.165) is 13.0 Å². The van der Waals surface area contributed by atoms with E-state index in [0.29, 0.717) is 11.7 Å². The minimum Gasteiger partial charge on any atom is -0.478 e. The first-order valence-electron chi connectivity index (χ1n) is 5.41. The predicted molar refractivity (Wildman–Crippen MR) is 63.9 cm³/mol. The van der Waals surface area contributed by atoms with Gasteiger partial charge in [-0.3, -0.25) is 0 Å². The topological polar surface area (TPSA) is 53.4 Å². The lowest BCUT2D eigenvalue weighted by molar-refractivity contribution is 0.0697. The van der Waals surface area contributed by atoms with Crippen LogP contribution >= 0.6 is 0 Å². The van der Waals surface area contributed by atoms with Crippen LogP contribution in [0.5, 0.6) is 0 Å². The molecule has 0 amide bonds. The fraction of sp³-hybridized carbons (Fsp3) is 0.500. The second kappa shape index (κ2) is 5.49. The predicted octanol–water partition coefficient (Wildman–Crippen LogP) is 2.26. The van der Waals surface area contributed by atoms with Crippen LogP contribution in [-0.4, -0.2) is 29.7 Å². The van der Waals surface area contributed by atoms with E-state index in [4.69, 9.17) is 5.11 Å². The van der Waals surface area contributed by atoms with Crippen LogP contribution in [0.4, 0.5) is 5.82 Å². The van der Waals surface area contributed by atoms with Gasteiger partial charge in [0.2, 0.25) is 0 Å². The molecule has 88 valence electrons. The lowest BCUT2D eigenvalue weighted by Crippen LogP contribution is -2.21. The molecule has 0 radical (unpaired) electrons. The van der Waals surface area contributed by atoms with E-state index in [2.05, 4.69) is 18.8 Å². The van der Waals surface area contributed by atoms with Gasteiger partial charge in [-0.25, -0.2) is 9.78 Å². The van der Waals surface area contributed by atoms with Crippen molar-refractivity contribution in [1.82, 2.24) is 4.98 Å². The Bertz CT molecular complexity index is 364. The minimum absolute atomic E-state index is 0.279. The molecule has 1 heterocycles. The normalized spacial score (nSPS) is 10.5. The maximum atomic E-state index is 10.8. The molecule has 0 bridgehead atoms. The van der Waals surface area contributed by atoms with Crippen molar-refractivity contribution >= 4 is 11.8 Å². The summed E-state index contributed by atoms with van der Waals surface area (Å²) in [5.41, 5.74) is 0.279. The summed E-state index contributed by atoms with van der Waals surface area (Å²) in [6.45, 7) is 5.21. The summed E-state index contributed by atoms with van der Waals surface area (Å²) in [6.07, 6.45) is 2.60. The van der Waals surface area contributed by atoms with Crippen LogP contribution in [0.2, 0.25) is 0 Å². The van der Waals surface area contributed by atoms with E-state index in [1.54, 1.807) is 6.07 Å². The quantitative estimate of drug-likeness (QED) is 0.830. The second-order valence-electron chi connectivity index (χ2n) is 4.31. The number of pyridine rings is 1. The fourth-order valence-corrected chi connectivity index (χ4v) is 1.33. The van der Waals surface area contributed by atoms with Gasteiger partial charge in [0.15, 0.2) is 0 Å². The molecule has 0 saturated heterocycles. The number of hydrogen-bond donors (Lipinski definition) is 1. The van der Waals surface area contributed by atoms with Gasteiger partial charge in [-0.2, -0.15) is 0 Å². The van der Waals surface area contributed by atoms with Crippen molar-refractivity contribution in [1.29, 1.82) is 0 Å². The Morgan fingerprint density at radius 2 is 2.25 bits per heavy atom. The molecule has 0 aliphatic carbocycles. The minimum atomic E-state index is -0.916. The molecule has 0 atom stereocenters. The fourth-order valence-electron chi connectivity index (χ4n) is 1.33. The zero-order valence-corrected chi connectivity index (χ0v) is 9.97. The average Bonchev–Trinajstić information content (AvgIpc) is 2.26. The van der Waals surface area contributed by atoms with Gasteiger partial charge in [-0.1, -0.05) is 13.8 Å². The zero-order chi connectivity index (χ0) is 12.1. The van der Waals surface area contributed by atoms with Gasteiger partial charge in [-0.15, -0.1) is 0 Å². The molecule has 1 N–H and O–H groups in total. The van der Waals surface area contributed by atoms with Crippen LogP contribution in [0.3, 0.4) is 0 Å². The van der Waals surface area contributed by atoms with Crippen molar-refractivity contribution in [3.05, 3.63) is 23.9 Å². The van der Waals surface area contributed by atoms with E-state index >= 15 is 0 Å². The van der Waals surface area contributed by atoms with Crippen molar-refractivity contribution in [3.63, 3.8) is 0 Å². The zero-order valence-electron chi connectivity index (χ0n) is 9.97. The Morgan fingerprint density at radius 1 is 1.56 bits per heavy atom. The van der Waals surface area contributed by atoms with E-state index in [-0.39, 0.29) is 5.56 Å². The van der Waals surface area contributed by atoms with Gasteiger partial charge in [-0.05, 0) is 24.5 Å². The van der Waals surface area contributed by atoms with Crippen molar-refractivity contribution < 1.29 is 9.90 Å². The molecule has 0 aliphatic rings. The van der Waals surface area contributed by atoms with E-state index in [1.165, 1.54) is 12.3 Å². The highest BCUT2D eigenvalue weighted by molar-refractivity contribution is 5.88. The molecule has 0 fully saturated rings. The summed E-state index contributed by atoms with van der Waals surface area (Å²) in [4.78, 5) is 16.9. The summed E-state index contributed by atoms with van der Waals surface area (Å²) >= 11 is 0. The standard InChI is InChI=1S/C12H18N2O2/c1-9(2)5-7-14(3)11-8-10(12(15)16)4-6-13-11/h4,6,8-9H,5,7H2,1-3H3,(H,15,16). The van der Waals surface area contributed by atoms with Crippen LogP contribution in [-0.2, 0) is 0 Å². The lowest BCUT2D eigenvalue weighted by atomic mass is 10.1. The number of carboxylic acids is 1. The Kier molecular flexibility index (Phi) is 4.28. The van der Waals surface area contributed by atoms with Crippen LogP contribution in [0.15, 0.2) is 18.3 Å². The number of hydrogen-bond acceptors (Lipinski definition) is 3. The molecule has 16 heavy (non-hydrogen) atoms. The second-order valence-corrected chi connectivity index (χ2v) is 4.31. The molecule has 1 rings (SSSR count). The van der Waals surface area contributed by atoms with E-state index < -0.39 is 5.97 Å². The Hall–Kier alpha value is -1.58. The van der Waals surface area contributed by atoms with Crippen LogP contribution in [0, 0.1) is 5.92 Å². The molecule has 0 spiro atoms. The van der Waals surface area contributed by atoms with Crippen LogP contribution in [0.1, 0.15) is 30.6 Å². The van der Waals surface area contributed by atoms with Crippen LogP contribution in [0.25, 0.3) is 0 Å². The number of aromatic carboxylic acids is 1. The lowest BCUT2D eigenvalue weighted by Gasteiger charge is -2.19. The molecule has 0 aromatic carbocycles. The van der Waals surface area contributed by atoms with Crippen molar-refractivity contribution in [2.24, 2.45) is 5.92 Å². The molecular formula is C12H18N2O2. The molecule has 0 unspecified atom stereocenters. The number of anilines is 1. The van der Waals surface area contributed by atoms with Gasteiger partial charge in [0, 0.05) is 19.8 Å². The summed E-state index contributed by atoms with van der Waals surface area (Å²) in [5.74, 6) is 0.423. The summed E-state index contributed by atoms with van der Waals surface area (Å²) in [6, 6.07) is 3.10. The summed E-state index contributed by atoms with van der Waals surface area (Å²) in [7, 11) is 1.93. The third-order valence-corrected chi connectivity index (χ3v) is 2.43. The van der Waals surface area contributed by atoms with E-state index in [1.807, 2.05) is 11.9 Å². The highest BCUT2D eigenvalue weighted by Gasteiger charge is 2.07. The Morgan fingerprint density at radius 3 is 2.81 bits per heavy atom. The first-order chi connectivity index (χ1) is 7.50. The van der Waals surface area contributed by atoms with Gasteiger partial charge in [0.05, 0.1) is 5.56 Å². The largest absolute Gasteiger partial charge is 0.478 e. The molecule has 1 aromatic rings. The summed E-state index contributed by atoms with van der Waals surface area (Å²) in [5, 5.41) is 8.86. The number of carbonyl (C=O) groups is 1. The third-order valence-electron chi connectivity index (χ3n) is 2.43. The first-order valence-corrected chi connectivity index (χ1v) is 5.41. The number of aromatic nitrogens is 1. The molecule has 4 heteroatoms. The molecule has 0 aliphatic heterocycles. The molecule has 1 aromatic heterocycles. The molecule has 4 nitrogen and oxygen atoms in total. The average molecular weight is 222 g/mol. The molecular weight excluding hydrogens is 204 g/mol. The monoisotopic (exact) mass is 222 g/mol. The molecule has 0 saturated carbocycles. The highest BCUT2D eigenvalue weighted by atomic mass is 16.4. The first kappa shape index (κ1) is 12.5. The van der Waals surface area contributed by atoms with Gasteiger partial charge >= 0.3 is 5.97 Å². The van der Waals surface area contributed by atoms with Gasteiger partial charge < -0.3 is 10.0 Å². The van der Waals surface area contributed by atoms with Crippen molar-refractivity contribution in [3.8, 4) is 0 Å². The number of rotatable bonds is 5. The number of carboxylic acid groups (broad SMARTS) is 1. The summed E-state index contributed by atoms with van der Waals surface area (Å²) < 4.78 is 0. The SMILES string of the molecule is CC(C)CCN(C)c1cc(C(=O)O)ccn1. The van der Waals surface area contributed by atoms with Crippen LogP contribution < -0.4 is 4.90 Å². The maximum Gasteiger partial charge on any atom is 0.335 e. The van der Waals surface area contributed by atoms with Crippen molar-refractivity contribution in [2.75, 3.05) is 18.5 Å². The highest BCUT2D eigenvalue weighted by Crippen LogP contribution is 2.12. The van der Waals surface area contributed by atoms with Gasteiger partial charge in [0.1, 0.15) is 5.82 Å². The number of nitrogens with zero attached hydrogens (tertiary/aromatic N) is 2. The smallest absolute Gasteiger partial charge is 0.335 e. The van der Waals surface area contributed by atoms with E-state index in [9.17, 15) is 4.79 Å². The van der Waals surface area contributed by atoms with Crippen molar-refractivity contribution in [2.45, 2.75) is 20.3 Å². The maximum absolute atomic E-state index is 10.8. The Balaban J connectivity index is 2.71.